The summed E-state index contributed by atoms with van der Waals surface area (Å²) in [6, 6.07) is 2.11. The van der Waals surface area contributed by atoms with Crippen molar-refractivity contribution in [3.8, 4) is 11.5 Å². The summed E-state index contributed by atoms with van der Waals surface area (Å²) in [6.07, 6.45) is 0. The molecule has 0 radical (unpaired) electrons. The molecule has 2 rings (SSSR count). The molecule has 1 atom stereocenters. The molecule has 0 saturated heterocycles. The maximum Gasteiger partial charge on any atom is 0.260 e. The van der Waals surface area contributed by atoms with E-state index in [9.17, 15) is 8.78 Å². The monoisotopic (exact) mass is 297 g/mol. The highest BCUT2D eigenvalue weighted by Gasteiger charge is 2.28. The highest BCUT2D eigenvalue weighted by atomic mass is 19.1. The topological polar surface area (TPSA) is 74.2 Å². The smallest absolute Gasteiger partial charge is 0.260 e. The number of aromatic nitrogens is 2. The average molecular weight is 297 g/mol. The predicted molar refractivity (Wildman–Crippen MR) is 72.4 cm³/mol. The Balaban J connectivity index is 2.34. The van der Waals surface area contributed by atoms with Crippen LogP contribution in [0, 0.1) is 18.6 Å². The number of nitrogens with zero attached hydrogens (tertiary/aromatic N) is 2. The highest BCUT2D eigenvalue weighted by molar-refractivity contribution is 5.55. The van der Waals surface area contributed by atoms with Crippen molar-refractivity contribution in [1.29, 1.82) is 0 Å². The lowest BCUT2D eigenvalue weighted by atomic mass is 10.1. The normalized spacial score (nSPS) is 14.2. The Morgan fingerprint density at radius 1 is 1.33 bits per heavy atom. The van der Waals surface area contributed by atoms with Crippen molar-refractivity contribution in [2.75, 3.05) is 13.2 Å². The predicted octanol–water partition coefficient (Wildman–Crippen LogP) is 2.53. The number of benzene rings is 1. The number of hydrogen-bond acceptors (Lipinski definition) is 5. The Labute approximate surface area is 121 Å². The molecule has 2 aromatic rings. The third-order valence-corrected chi connectivity index (χ3v) is 3.02. The first kappa shape index (κ1) is 15.5. The minimum atomic E-state index is -0.955. The van der Waals surface area contributed by atoms with Crippen LogP contribution in [0.25, 0.3) is 11.5 Å². The van der Waals surface area contributed by atoms with Crippen LogP contribution in [0.2, 0.25) is 0 Å². The minimum absolute atomic E-state index is 0.0415. The summed E-state index contributed by atoms with van der Waals surface area (Å²) in [5.74, 6) is -1.24. The SMILES string of the molecule is CCOCC(C)(N)c1noc(-c2cc(C)c(F)cc2F)n1. The van der Waals surface area contributed by atoms with E-state index < -0.39 is 17.2 Å². The molecule has 114 valence electrons. The van der Waals surface area contributed by atoms with E-state index in [-0.39, 0.29) is 29.4 Å². The zero-order valence-corrected chi connectivity index (χ0v) is 12.1. The third-order valence-electron chi connectivity index (χ3n) is 3.02. The molecule has 1 aromatic heterocycles. The molecule has 21 heavy (non-hydrogen) atoms. The van der Waals surface area contributed by atoms with Gasteiger partial charge in [-0.2, -0.15) is 4.98 Å². The van der Waals surface area contributed by atoms with Crippen molar-refractivity contribution in [2.24, 2.45) is 5.73 Å². The first-order valence-electron chi connectivity index (χ1n) is 6.52. The van der Waals surface area contributed by atoms with Gasteiger partial charge >= 0.3 is 0 Å². The van der Waals surface area contributed by atoms with Gasteiger partial charge in [0, 0.05) is 12.7 Å². The molecule has 0 aliphatic rings. The van der Waals surface area contributed by atoms with Gasteiger partial charge in [0.05, 0.1) is 12.2 Å². The zero-order chi connectivity index (χ0) is 15.6. The molecule has 0 saturated carbocycles. The van der Waals surface area contributed by atoms with Gasteiger partial charge in [-0.3, -0.25) is 0 Å². The van der Waals surface area contributed by atoms with Crippen LogP contribution in [0.3, 0.4) is 0 Å². The summed E-state index contributed by atoms with van der Waals surface area (Å²) in [5.41, 5.74) is 5.42. The first-order chi connectivity index (χ1) is 9.85. The molecule has 0 spiro atoms. The van der Waals surface area contributed by atoms with E-state index in [2.05, 4.69) is 10.1 Å². The molecular weight excluding hydrogens is 280 g/mol. The number of ether oxygens (including phenoxy) is 1. The summed E-state index contributed by atoms with van der Waals surface area (Å²) in [5, 5.41) is 3.76. The van der Waals surface area contributed by atoms with E-state index in [1.165, 1.54) is 13.0 Å². The molecule has 1 unspecified atom stereocenters. The van der Waals surface area contributed by atoms with Gasteiger partial charge in [0.25, 0.3) is 5.89 Å². The Bertz CT molecular complexity index is 641. The second kappa shape index (κ2) is 5.87. The van der Waals surface area contributed by atoms with Crippen molar-refractivity contribution in [3.63, 3.8) is 0 Å². The van der Waals surface area contributed by atoms with Crippen LogP contribution in [0.5, 0.6) is 0 Å². The number of hydrogen-bond donors (Lipinski definition) is 1. The van der Waals surface area contributed by atoms with E-state index >= 15 is 0 Å². The fourth-order valence-corrected chi connectivity index (χ4v) is 1.76. The van der Waals surface area contributed by atoms with Gasteiger partial charge in [0.15, 0.2) is 5.82 Å². The van der Waals surface area contributed by atoms with Crippen LogP contribution in [-0.4, -0.2) is 23.4 Å². The van der Waals surface area contributed by atoms with Gasteiger partial charge in [-0.1, -0.05) is 5.16 Å². The molecular formula is C14H17F2N3O2. The molecule has 7 heteroatoms. The maximum absolute atomic E-state index is 13.8. The van der Waals surface area contributed by atoms with E-state index in [4.69, 9.17) is 15.0 Å². The first-order valence-corrected chi connectivity index (χ1v) is 6.52. The fourth-order valence-electron chi connectivity index (χ4n) is 1.76. The van der Waals surface area contributed by atoms with E-state index in [1.807, 2.05) is 6.92 Å². The van der Waals surface area contributed by atoms with Crippen LogP contribution in [0.4, 0.5) is 8.78 Å². The molecule has 1 aromatic carbocycles. The van der Waals surface area contributed by atoms with E-state index in [1.54, 1.807) is 6.92 Å². The fraction of sp³-hybridized carbons (Fsp3) is 0.429. The van der Waals surface area contributed by atoms with Crippen molar-refractivity contribution in [1.82, 2.24) is 10.1 Å². The molecule has 5 nitrogen and oxygen atoms in total. The van der Waals surface area contributed by atoms with Crippen molar-refractivity contribution < 1.29 is 18.0 Å². The summed E-state index contributed by atoms with van der Waals surface area (Å²) in [7, 11) is 0. The lowest BCUT2D eigenvalue weighted by molar-refractivity contribution is 0.0962. The molecule has 0 bridgehead atoms. The van der Waals surface area contributed by atoms with Crippen molar-refractivity contribution in [3.05, 3.63) is 35.2 Å². The molecule has 2 N–H and O–H groups in total. The molecule has 1 heterocycles. The van der Waals surface area contributed by atoms with Gasteiger partial charge < -0.3 is 15.0 Å². The minimum Gasteiger partial charge on any atom is -0.379 e. The van der Waals surface area contributed by atoms with Gasteiger partial charge in [-0.05, 0) is 32.4 Å². The van der Waals surface area contributed by atoms with E-state index in [0.717, 1.165) is 6.07 Å². The van der Waals surface area contributed by atoms with Crippen LogP contribution in [-0.2, 0) is 10.3 Å². The Morgan fingerprint density at radius 3 is 2.71 bits per heavy atom. The molecule has 0 aliphatic carbocycles. The molecule has 0 aliphatic heterocycles. The number of nitrogens with two attached hydrogens (primary N) is 1. The summed E-state index contributed by atoms with van der Waals surface area (Å²) in [4.78, 5) is 4.09. The number of halogens is 2. The van der Waals surface area contributed by atoms with Gasteiger partial charge in [0.1, 0.15) is 17.2 Å². The lowest BCUT2D eigenvalue weighted by Crippen LogP contribution is -2.39. The summed E-state index contributed by atoms with van der Waals surface area (Å²) in [6.45, 7) is 5.76. The quantitative estimate of drug-likeness (QED) is 0.918. The number of rotatable bonds is 5. The van der Waals surface area contributed by atoms with Crippen LogP contribution in [0.15, 0.2) is 16.7 Å². The van der Waals surface area contributed by atoms with Gasteiger partial charge in [0.2, 0.25) is 0 Å². The highest BCUT2D eigenvalue weighted by Crippen LogP contribution is 2.26. The standard InChI is InChI=1S/C14H17F2N3O2/c1-4-20-7-14(3,17)13-18-12(21-19-13)9-5-8(2)10(15)6-11(9)16/h5-6H,4,7,17H2,1-3H3. The number of aryl methyl sites for hydroxylation is 1. The van der Waals surface area contributed by atoms with Crippen LogP contribution >= 0.6 is 0 Å². The maximum atomic E-state index is 13.8. The van der Waals surface area contributed by atoms with E-state index in [0.29, 0.717) is 6.61 Å². The van der Waals surface area contributed by atoms with Crippen LogP contribution < -0.4 is 5.73 Å². The Morgan fingerprint density at radius 2 is 2.05 bits per heavy atom. The summed E-state index contributed by atoms with van der Waals surface area (Å²) < 4.78 is 37.4. The lowest BCUT2D eigenvalue weighted by Gasteiger charge is -2.19. The molecule has 0 fully saturated rings. The second-order valence-electron chi connectivity index (χ2n) is 5.06. The summed E-state index contributed by atoms with van der Waals surface area (Å²) >= 11 is 0. The Hall–Kier alpha value is -1.86. The van der Waals surface area contributed by atoms with Gasteiger partial charge in [-0.15, -0.1) is 0 Å². The largest absolute Gasteiger partial charge is 0.379 e. The van der Waals surface area contributed by atoms with Gasteiger partial charge in [-0.25, -0.2) is 8.78 Å². The second-order valence-corrected chi connectivity index (χ2v) is 5.06. The molecule has 0 amide bonds. The van der Waals surface area contributed by atoms with Crippen molar-refractivity contribution >= 4 is 0 Å². The zero-order valence-electron chi connectivity index (χ0n) is 12.1. The average Bonchev–Trinajstić information content (AvgIpc) is 2.91. The third kappa shape index (κ3) is 3.25. The Kier molecular flexibility index (Phi) is 4.34. The van der Waals surface area contributed by atoms with Crippen molar-refractivity contribution in [2.45, 2.75) is 26.3 Å². The van der Waals surface area contributed by atoms with Crippen LogP contribution in [0.1, 0.15) is 25.2 Å².